The third-order valence-electron chi connectivity index (χ3n) is 16.9. The molecule has 0 bridgehead atoms. The Labute approximate surface area is 577 Å². The second-order valence-corrected chi connectivity index (χ2v) is 25.4. The number of hydrogen-bond donors (Lipinski definition) is 4. The molecular weight excluding hydrogens is 1190 g/mol. The lowest BCUT2D eigenvalue weighted by Crippen LogP contribution is -1.84. The highest BCUT2D eigenvalue weighted by Crippen LogP contribution is 2.35. The number of rotatable bonds is 3. The van der Waals surface area contributed by atoms with Crippen LogP contribution in [0.3, 0.4) is 0 Å². The van der Waals surface area contributed by atoms with Gasteiger partial charge in [-0.1, -0.05) is 275 Å². The van der Waals surface area contributed by atoms with Crippen molar-refractivity contribution < 1.29 is 25.2 Å². The van der Waals surface area contributed by atoms with Crippen molar-refractivity contribution >= 4 is 43.1 Å². The van der Waals surface area contributed by atoms with E-state index in [1.165, 1.54) is 110 Å². The van der Waals surface area contributed by atoms with Gasteiger partial charge in [0.2, 0.25) is 0 Å². The van der Waals surface area contributed by atoms with Crippen LogP contribution in [0.15, 0.2) is 267 Å². The van der Waals surface area contributed by atoms with E-state index in [9.17, 15) is 10.2 Å². The highest BCUT2D eigenvalue weighted by atomic mass is 16.5. The molecule has 0 heterocycles. The molecule has 0 radical (unpaired) electrons. The molecule has 4 N–H and O–H groups in total. The summed E-state index contributed by atoms with van der Waals surface area (Å²) in [6, 6.07) is 91.1. The van der Waals surface area contributed by atoms with Crippen LogP contribution >= 0.6 is 0 Å². The Morgan fingerprint density at radius 2 is 0.454 bits per heavy atom. The fraction of sp³-hybridized carbons (Fsp3) is 0.174. The Morgan fingerprint density at radius 1 is 0.196 bits per heavy atom. The van der Waals surface area contributed by atoms with Crippen molar-refractivity contribution in [2.45, 2.75) is 111 Å². The van der Waals surface area contributed by atoms with Gasteiger partial charge in [-0.3, -0.25) is 0 Å². The maximum atomic E-state index is 9.76. The Hall–Kier alpha value is -10.9. The first-order valence-corrected chi connectivity index (χ1v) is 33.1. The molecule has 14 aromatic rings. The molecule has 5 heteroatoms. The van der Waals surface area contributed by atoms with Gasteiger partial charge in [-0.2, -0.15) is 0 Å². The molecular formula is C92H96O5. The number of hydrogen-bond acceptors (Lipinski definition) is 5. The van der Waals surface area contributed by atoms with Crippen LogP contribution in [-0.2, 0) is 0 Å². The summed E-state index contributed by atoms with van der Waals surface area (Å²) in [5.74, 6) is 2.72. The fourth-order valence-corrected chi connectivity index (χ4v) is 10.6. The molecule has 14 rings (SSSR count). The van der Waals surface area contributed by atoms with Crippen molar-refractivity contribution in [1.82, 2.24) is 0 Å². The average Bonchev–Trinajstić information content (AvgIpc) is 0.781. The zero-order chi connectivity index (χ0) is 70.3. The van der Waals surface area contributed by atoms with Crippen LogP contribution in [0.25, 0.3) is 54.2 Å². The van der Waals surface area contributed by atoms with E-state index in [0.717, 1.165) is 22.6 Å². The van der Waals surface area contributed by atoms with Crippen LogP contribution in [0.5, 0.6) is 34.5 Å². The number of aromatic hydroxyl groups is 4. The molecule has 5 nitrogen and oxygen atoms in total. The van der Waals surface area contributed by atoms with Crippen LogP contribution in [0.4, 0.5) is 0 Å². The first-order valence-electron chi connectivity index (χ1n) is 33.1. The molecule has 0 aromatic heterocycles. The third kappa shape index (κ3) is 22.1. The molecule has 0 aliphatic heterocycles. The minimum absolute atomic E-state index is 0.232. The monoisotopic (exact) mass is 1280 g/mol. The lowest BCUT2D eigenvalue weighted by molar-refractivity contribution is 0.453. The standard InChI is InChI=1S/C14H14O.C14H14.C12H12O2.3C12H12.C8H10O2.C8H10/c1-11-3-7-13(8-4-11)15-14-9-5-12(2)6-10-14;1-11-3-7-13(8-4-11)14-9-5-12(2)6-10-14;1-7-3-5-10-9(11(7)13)6-4-8(2)12(10)14;1-9-3-5-12-8-10(2)4-6-11(12)7-9;1-9-5-3-8-12-10(2)6-4-7-11(9)12;1-9-7-8-10(2)12-6-4-3-5-11(9)12;1-5-3-8(10)6(2)4-7(5)9;1-7-3-5-8(2)6-4-7/h3-10H,1-2H3;3-10H,1-2H3;3-6,13-14H,1-2H3;3*3-8H,1-2H3;3-4,9-10H,1-2H3;3-6H,1-2H3. The minimum atomic E-state index is 0.232. The van der Waals surface area contributed by atoms with Gasteiger partial charge in [-0.05, 0) is 235 Å². The second kappa shape index (κ2) is 35.6. The first kappa shape index (κ1) is 73.5. The van der Waals surface area contributed by atoms with E-state index in [0.29, 0.717) is 21.9 Å². The predicted molar refractivity (Wildman–Crippen MR) is 416 cm³/mol. The van der Waals surface area contributed by atoms with Gasteiger partial charge in [0.05, 0.1) is 0 Å². The average molecular weight is 1280 g/mol. The summed E-state index contributed by atoms with van der Waals surface area (Å²) in [5.41, 5.74) is 21.4. The van der Waals surface area contributed by atoms with E-state index in [4.69, 9.17) is 14.9 Å². The molecule has 494 valence electrons. The van der Waals surface area contributed by atoms with E-state index < -0.39 is 0 Å². The number of benzene rings is 14. The van der Waals surface area contributed by atoms with Crippen molar-refractivity contribution in [3.8, 4) is 45.6 Å². The molecule has 0 atom stereocenters. The van der Waals surface area contributed by atoms with Crippen LogP contribution in [0.2, 0.25) is 0 Å². The Morgan fingerprint density at radius 3 is 0.773 bits per heavy atom. The van der Waals surface area contributed by atoms with Crippen molar-refractivity contribution in [1.29, 1.82) is 0 Å². The summed E-state index contributed by atoms with van der Waals surface area (Å²) < 4.78 is 5.69. The van der Waals surface area contributed by atoms with Crippen molar-refractivity contribution in [3.05, 3.63) is 356 Å². The molecule has 0 amide bonds. The SMILES string of the molecule is Cc1cc(O)c(C)cc1O.Cc1ccc(-c2ccc(C)cc2)cc1.Cc1ccc(C)c2ccccc12.Cc1ccc(C)cc1.Cc1ccc(Oc2ccc(C)cc2)cc1.Cc1ccc2c(O)c(C)ccc2c1O.Cc1ccc2cc(C)ccc2c1.Cc1cccc2c(C)cccc12. The van der Waals surface area contributed by atoms with Gasteiger partial charge in [-0.25, -0.2) is 0 Å². The van der Waals surface area contributed by atoms with Gasteiger partial charge >= 0.3 is 0 Å². The normalized spacial score (nSPS) is 10.2. The summed E-state index contributed by atoms with van der Waals surface area (Å²) in [7, 11) is 0. The van der Waals surface area contributed by atoms with E-state index in [1.807, 2.05) is 74.5 Å². The Bertz CT molecular complexity index is 4470. The van der Waals surface area contributed by atoms with Gasteiger partial charge in [0, 0.05) is 10.8 Å². The highest BCUT2D eigenvalue weighted by molar-refractivity contribution is 5.94. The highest BCUT2D eigenvalue weighted by Gasteiger charge is 2.08. The van der Waals surface area contributed by atoms with Crippen molar-refractivity contribution in [2.24, 2.45) is 0 Å². The van der Waals surface area contributed by atoms with Gasteiger partial charge in [-0.15, -0.1) is 0 Å². The van der Waals surface area contributed by atoms with Gasteiger partial charge < -0.3 is 25.2 Å². The molecule has 0 unspecified atom stereocenters. The maximum absolute atomic E-state index is 9.76. The number of phenolic OH excluding ortho intramolecular Hbond substituents is 4. The molecule has 0 fully saturated rings. The summed E-state index contributed by atoms with van der Waals surface area (Å²) in [6.07, 6.45) is 0. The van der Waals surface area contributed by atoms with E-state index in [-0.39, 0.29) is 23.0 Å². The lowest BCUT2D eigenvalue weighted by Gasteiger charge is -2.07. The largest absolute Gasteiger partial charge is 0.508 e. The van der Waals surface area contributed by atoms with Gasteiger partial charge in [0.25, 0.3) is 0 Å². The minimum Gasteiger partial charge on any atom is -0.508 e. The molecule has 0 aliphatic carbocycles. The smallest absolute Gasteiger partial charge is 0.127 e. The summed E-state index contributed by atoms with van der Waals surface area (Å²) in [4.78, 5) is 0. The molecule has 0 saturated heterocycles. The van der Waals surface area contributed by atoms with Crippen LogP contribution in [0, 0.1) is 111 Å². The van der Waals surface area contributed by atoms with Crippen LogP contribution in [0.1, 0.15) is 89.0 Å². The third-order valence-corrected chi connectivity index (χ3v) is 16.9. The molecule has 0 aliphatic rings. The van der Waals surface area contributed by atoms with E-state index >= 15 is 0 Å². The van der Waals surface area contributed by atoms with Crippen LogP contribution in [-0.4, -0.2) is 20.4 Å². The summed E-state index contributed by atoms with van der Waals surface area (Å²) in [6.45, 7) is 32.6. The van der Waals surface area contributed by atoms with Gasteiger partial charge in [0.15, 0.2) is 0 Å². The molecule has 0 saturated carbocycles. The number of ether oxygens (including phenoxy) is 1. The molecule has 14 aromatic carbocycles. The quantitative estimate of drug-likeness (QED) is 0.132. The second-order valence-electron chi connectivity index (χ2n) is 25.4. The number of phenols is 4. The van der Waals surface area contributed by atoms with Crippen molar-refractivity contribution in [3.63, 3.8) is 0 Å². The maximum Gasteiger partial charge on any atom is 0.127 e. The fourth-order valence-electron chi connectivity index (χ4n) is 10.6. The van der Waals surface area contributed by atoms with Crippen molar-refractivity contribution in [2.75, 3.05) is 0 Å². The van der Waals surface area contributed by atoms with E-state index in [1.54, 1.807) is 38.1 Å². The van der Waals surface area contributed by atoms with Gasteiger partial charge in [0.1, 0.15) is 34.5 Å². The summed E-state index contributed by atoms with van der Waals surface area (Å²) in [5, 5.41) is 47.3. The molecule has 97 heavy (non-hydrogen) atoms. The Balaban J connectivity index is 0.000000157. The molecule has 0 spiro atoms. The summed E-state index contributed by atoms with van der Waals surface area (Å²) >= 11 is 0. The zero-order valence-corrected chi connectivity index (χ0v) is 59.6. The topological polar surface area (TPSA) is 90.2 Å². The zero-order valence-electron chi connectivity index (χ0n) is 59.6. The van der Waals surface area contributed by atoms with Crippen LogP contribution < -0.4 is 4.74 Å². The predicted octanol–water partition coefficient (Wildman–Crippen LogP) is 25.3. The first-order chi connectivity index (χ1) is 46.3. The van der Waals surface area contributed by atoms with E-state index in [2.05, 4.69) is 265 Å². The number of aryl methyl sites for hydroxylation is 16. The Kier molecular flexibility index (Phi) is 27.0. The number of fused-ring (bicyclic) bond motifs is 4. The lowest BCUT2D eigenvalue weighted by atomic mass is 10.0.